The van der Waals surface area contributed by atoms with Gasteiger partial charge in [0, 0.05) is 53.6 Å². The third-order valence-corrected chi connectivity index (χ3v) is 12.0. The second-order valence-electron chi connectivity index (χ2n) is 15.4. The molecule has 14 nitrogen and oxygen atoms in total. The summed E-state index contributed by atoms with van der Waals surface area (Å²) in [5.74, 6) is -0.878. The summed E-state index contributed by atoms with van der Waals surface area (Å²) < 4.78 is 11.7. The van der Waals surface area contributed by atoms with Crippen LogP contribution in [0.3, 0.4) is 0 Å². The second kappa shape index (κ2) is 16.5. The van der Waals surface area contributed by atoms with E-state index in [9.17, 15) is 19.8 Å². The molecule has 0 radical (unpaired) electrons. The number of rotatable bonds is 13. The molecule has 7 aromatic rings. The van der Waals surface area contributed by atoms with Gasteiger partial charge in [-0.3, -0.25) is 9.59 Å². The second-order valence-corrected chi connectivity index (χ2v) is 16.3. The highest BCUT2D eigenvalue weighted by atomic mass is 32.1. The average Bonchev–Trinajstić information content (AvgIpc) is 4.04. The summed E-state index contributed by atoms with van der Waals surface area (Å²) in [6.07, 6.45) is -0.700. The molecule has 0 aliphatic carbocycles. The Morgan fingerprint density at radius 1 is 1.05 bits per heavy atom. The van der Waals surface area contributed by atoms with Gasteiger partial charge in [-0.05, 0) is 72.4 Å². The number of hydrogen-bond donors (Lipinski definition) is 4. The number of aromatic hydroxyl groups is 1. The smallest absolute Gasteiger partial charge is 0.254 e. The van der Waals surface area contributed by atoms with Crippen LogP contribution < -0.4 is 15.0 Å². The third kappa shape index (κ3) is 8.08. The van der Waals surface area contributed by atoms with E-state index in [0.717, 1.165) is 43.7 Å². The van der Waals surface area contributed by atoms with Gasteiger partial charge in [-0.1, -0.05) is 50.2 Å². The van der Waals surface area contributed by atoms with Gasteiger partial charge in [0.1, 0.15) is 24.3 Å². The number of carbonyl (C=O) groups is 2. The van der Waals surface area contributed by atoms with Crippen LogP contribution in [0.1, 0.15) is 56.2 Å². The number of aromatic amines is 1. The number of β-amino-alcohol motifs (C(OH)–C–C–N with tert-alkyl or cyclic N) is 1. The molecule has 4 aromatic heterocycles. The van der Waals surface area contributed by atoms with Gasteiger partial charge in [-0.15, -0.1) is 21.5 Å². The van der Waals surface area contributed by atoms with Crippen molar-refractivity contribution in [2.24, 2.45) is 5.92 Å². The van der Waals surface area contributed by atoms with Crippen molar-refractivity contribution in [3.05, 3.63) is 101 Å². The number of aromatic nitrogens is 5. The molecule has 59 heavy (non-hydrogen) atoms. The van der Waals surface area contributed by atoms with E-state index in [0.29, 0.717) is 29.2 Å². The van der Waals surface area contributed by atoms with Crippen molar-refractivity contribution < 1.29 is 29.1 Å². The molecule has 0 unspecified atom stereocenters. The lowest BCUT2D eigenvalue weighted by Gasteiger charge is -2.29. The monoisotopic (exact) mass is 814 g/mol. The fraction of sp³-hybridized carbons (Fsp3) is 0.318. The van der Waals surface area contributed by atoms with Gasteiger partial charge in [0.2, 0.25) is 11.8 Å². The molecule has 5 heterocycles. The predicted octanol–water partition coefficient (Wildman–Crippen LogP) is 7.00. The fourth-order valence-corrected chi connectivity index (χ4v) is 8.57. The fourth-order valence-electron chi connectivity index (χ4n) is 7.76. The number of phenolic OH excluding ortho intramolecular Hbond substituents is 1. The number of fused-ring (bicyclic) bond motifs is 3. The molecule has 15 heteroatoms. The average molecular weight is 815 g/mol. The largest absolute Gasteiger partial charge is 0.507 e. The van der Waals surface area contributed by atoms with Crippen LogP contribution in [-0.4, -0.2) is 91.1 Å². The molecule has 4 atom stereocenters. The Bertz CT molecular complexity index is 2620. The number of para-hydroxylation sites is 1. The molecular formula is C44H46N8O6S. The molecule has 1 fully saturated rings. The number of aliphatic hydroxyl groups is 1. The first-order chi connectivity index (χ1) is 28.4. The Labute approximate surface area is 344 Å². The Kier molecular flexibility index (Phi) is 11.1. The summed E-state index contributed by atoms with van der Waals surface area (Å²) in [6, 6.07) is 23.5. The lowest BCUT2D eigenvalue weighted by molar-refractivity contribution is -0.141. The predicted molar refractivity (Wildman–Crippen MR) is 226 cm³/mol. The number of phenols is 1. The molecule has 1 aliphatic rings. The SMILES string of the molecule is Cc1ncsc1-c1ccc([C@H](C)NC(=O)[C@@H]2C[C@@H](O)CN2C(=O)[C@@H](c2cc(OCCN(C)c3ccc4[nH]c5nnc(-c6ccccc6O)cc5c4c3)no2)C(C)C)cc1. The molecule has 0 bridgehead atoms. The van der Waals surface area contributed by atoms with Crippen molar-refractivity contribution in [3.8, 4) is 33.3 Å². The van der Waals surface area contributed by atoms with Gasteiger partial charge in [0.25, 0.3) is 5.88 Å². The van der Waals surface area contributed by atoms with Crippen LogP contribution in [0.25, 0.3) is 43.6 Å². The molecule has 8 rings (SSSR count). The molecule has 3 aromatic carbocycles. The number of ether oxygens (including phenoxy) is 1. The summed E-state index contributed by atoms with van der Waals surface area (Å²) in [5, 5.41) is 38.8. The van der Waals surface area contributed by atoms with Crippen LogP contribution in [0, 0.1) is 12.8 Å². The zero-order valence-electron chi connectivity index (χ0n) is 33.4. The number of nitrogens with one attached hydrogen (secondary N) is 2. The van der Waals surface area contributed by atoms with Gasteiger partial charge in [0.15, 0.2) is 11.4 Å². The number of hydrogen-bond acceptors (Lipinski definition) is 12. The van der Waals surface area contributed by atoms with Crippen molar-refractivity contribution in [1.82, 2.24) is 35.5 Å². The summed E-state index contributed by atoms with van der Waals surface area (Å²) in [5.41, 5.74) is 8.48. The summed E-state index contributed by atoms with van der Waals surface area (Å²) in [7, 11) is 1.97. The van der Waals surface area contributed by atoms with Crippen molar-refractivity contribution in [1.29, 1.82) is 0 Å². The van der Waals surface area contributed by atoms with Crippen LogP contribution in [0.5, 0.6) is 11.6 Å². The van der Waals surface area contributed by atoms with Gasteiger partial charge in [0.05, 0.1) is 40.5 Å². The van der Waals surface area contributed by atoms with E-state index in [2.05, 4.69) is 41.6 Å². The van der Waals surface area contributed by atoms with E-state index in [1.165, 1.54) is 4.90 Å². The number of H-pyrrole nitrogens is 1. The first kappa shape index (κ1) is 39.5. The van der Waals surface area contributed by atoms with E-state index in [4.69, 9.17) is 9.26 Å². The van der Waals surface area contributed by atoms with Crippen molar-refractivity contribution in [2.75, 3.05) is 31.6 Å². The number of carbonyl (C=O) groups excluding carboxylic acids is 2. The minimum Gasteiger partial charge on any atom is -0.507 e. The lowest BCUT2D eigenvalue weighted by atomic mass is 9.91. The summed E-state index contributed by atoms with van der Waals surface area (Å²) in [6.45, 7) is 8.53. The van der Waals surface area contributed by atoms with E-state index < -0.39 is 18.1 Å². The Morgan fingerprint density at radius 3 is 2.59 bits per heavy atom. The molecule has 2 amide bonds. The number of amides is 2. The summed E-state index contributed by atoms with van der Waals surface area (Å²) in [4.78, 5) is 40.2. The maximum atomic E-state index is 14.2. The quantitative estimate of drug-likeness (QED) is 0.0941. The topological polar surface area (TPSA) is 183 Å². The van der Waals surface area contributed by atoms with Crippen LogP contribution in [0.2, 0.25) is 0 Å². The van der Waals surface area contributed by atoms with E-state index in [-0.39, 0.29) is 55.0 Å². The minimum atomic E-state index is -0.842. The molecule has 1 saturated heterocycles. The summed E-state index contributed by atoms with van der Waals surface area (Å²) >= 11 is 1.59. The Balaban J connectivity index is 0.899. The van der Waals surface area contributed by atoms with Gasteiger partial charge < -0.3 is 39.6 Å². The number of thiazole rings is 1. The van der Waals surface area contributed by atoms with Crippen LogP contribution in [-0.2, 0) is 9.59 Å². The highest BCUT2D eigenvalue weighted by Gasteiger charge is 2.43. The molecule has 4 N–H and O–H groups in total. The number of nitrogens with zero attached hydrogens (tertiary/aromatic N) is 6. The molecule has 1 aliphatic heterocycles. The third-order valence-electron chi connectivity index (χ3n) is 11.0. The highest BCUT2D eigenvalue weighted by molar-refractivity contribution is 7.13. The normalized spacial score (nSPS) is 16.5. The van der Waals surface area contributed by atoms with Gasteiger partial charge in [-0.2, -0.15) is 0 Å². The minimum absolute atomic E-state index is 0.0385. The standard InChI is InChI=1S/C44H46N8O6S/c1-24(2)40(44(56)52-22-30(53)19-36(52)43(55)46-25(3)27-10-12-28(13-11-27)41-26(4)45-23-59-41)38-21-39(50-58-38)57-17-16-51(5)29-14-15-34-32(18-29)33-20-35(48-49-42(33)47-34)31-8-6-7-9-37(31)54/h6-15,18,20-21,23-25,30,36,40,53-54H,16-17,19,22H2,1-5H3,(H,46,55)(H,47,49)/t25-,30+,36-,40+/m0/s1. The Morgan fingerprint density at radius 2 is 1.85 bits per heavy atom. The van der Waals surface area contributed by atoms with E-state index in [1.807, 2.05) is 94.9 Å². The molecule has 0 spiro atoms. The highest BCUT2D eigenvalue weighted by Crippen LogP contribution is 2.35. The van der Waals surface area contributed by atoms with Crippen molar-refractivity contribution in [3.63, 3.8) is 0 Å². The maximum Gasteiger partial charge on any atom is 0.254 e. The van der Waals surface area contributed by atoms with E-state index >= 15 is 0 Å². The Hall–Kier alpha value is -6.32. The number of likely N-dealkylation sites (N-methyl/N-ethyl adjacent to an activating group) is 1. The first-order valence-corrected chi connectivity index (χ1v) is 20.5. The van der Waals surface area contributed by atoms with Crippen LogP contribution >= 0.6 is 11.3 Å². The van der Waals surface area contributed by atoms with Crippen molar-refractivity contribution in [2.45, 2.75) is 58.2 Å². The zero-order valence-corrected chi connectivity index (χ0v) is 34.2. The van der Waals surface area contributed by atoms with E-state index in [1.54, 1.807) is 29.5 Å². The molecule has 0 saturated carbocycles. The molecule has 304 valence electrons. The maximum absolute atomic E-state index is 14.2. The van der Waals surface area contributed by atoms with Crippen molar-refractivity contribution >= 4 is 50.8 Å². The molecular weight excluding hydrogens is 769 g/mol. The van der Waals surface area contributed by atoms with Gasteiger partial charge >= 0.3 is 0 Å². The zero-order chi connectivity index (χ0) is 41.4. The number of anilines is 1. The van der Waals surface area contributed by atoms with Gasteiger partial charge in [-0.25, -0.2) is 4.98 Å². The lowest BCUT2D eigenvalue weighted by Crippen LogP contribution is -2.48. The number of likely N-dealkylation sites (tertiary alicyclic amines) is 1. The number of benzene rings is 3. The first-order valence-electron chi connectivity index (χ1n) is 19.6. The number of aliphatic hydroxyl groups excluding tert-OH is 1. The number of aryl methyl sites for hydroxylation is 1. The van der Waals surface area contributed by atoms with Crippen LogP contribution in [0.4, 0.5) is 5.69 Å². The van der Waals surface area contributed by atoms with Crippen LogP contribution in [0.15, 0.2) is 88.9 Å².